The number of carbonyl (C=O) groups excluding carboxylic acids is 1. The first-order valence-electron chi connectivity index (χ1n) is 8.65. The lowest BCUT2D eigenvalue weighted by Crippen LogP contribution is -2.20. The zero-order valence-electron chi connectivity index (χ0n) is 14.3. The number of carbonyl (C=O) groups is 1. The highest BCUT2D eigenvalue weighted by Gasteiger charge is 2.26. The van der Waals surface area contributed by atoms with Crippen LogP contribution in [0.2, 0.25) is 0 Å². The third kappa shape index (κ3) is 4.16. The van der Waals surface area contributed by atoms with Gasteiger partial charge in [0.05, 0.1) is 0 Å². The summed E-state index contributed by atoms with van der Waals surface area (Å²) in [5, 5.41) is 0. The molecule has 3 aromatic rings. The lowest BCUT2D eigenvalue weighted by atomic mass is 9.91. The van der Waals surface area contributed by atoms with Crippen molar-refractivity contribution in [3.63, 3.8) is 0 Å². The highest BCUT2D eigenvalue weighted by molar-refractivity contribution is 5.82. The van der Waals surface area contributed by atoms with Crippen molar-refractivity contribution in [3.8, 4) is 0 Å². The van der Waals surface area contributed by atoms with Gasteiger partial charge >= 0.3 is 5.97 Å². The minimum absolute atomic E-state index is 0.215. The van der Waals surface area contributed by atoms with Gasteiger partial charge in [0.1, 0.15) is 12.0 Å². The highest BCUT2D eigenvalue weighted by Crippen LogP contribution is 2.30. The van der Waals surface area contributed by atoms with E-state index in [1.165, 1.54) is 0 Å². The summed E-state index contributed by atoms with van der Waals surface area (Å²) >= 11 is 0. The Morgan fingerprint density at radius 1 is 0.720 bits per heavy atom. The fourth-order valence-corrected chi connectivity index (χ4v) is 3.02. The van der Waals surface area contributed by atoms with Gasteiger partial charge in [0, 0.05) is 0 Å². The Bertz CT molecular complexity index is 743. The van der Waals surface area contributed by atoms with Crippen LogP contribution in [0.1, 0.15) is 42.1 Å². The fourth-order valence-electron chi connectivity index (χ4n) is 3.02. The van der Waals surface area contributed by atoms with Crippen molar-refractivity contribution in [3.05, 3.63) is 108 Å². The van der Waals surface area contributed by atoms with Gasteiger partial charge < -0.3 is 4.74 Å². The van der Waals surface area contributed by atoms with E-state index in [4.69, 9.17) is 4.74 Å². The molecule has 0 radical (unpaired) electrons. The molecule has 0 saturated carbocycles. The van der Waals surface area contributed by atoms with Crippen LogP contribution >= 0.6 is 0 Å². The summed E-state index contributed by atoms with van der Waals surface area (Å²) < 4.78 is 5.92. The second kappa shape index (κ2) is 8.29. The molecule has 0 aliphatic heterocycles. The third-order valence-corrected chi connectivity index (χ3v) is 4.30. The van der Waals surface area contributed by atoms with E-state index in [0.29, 0.717) is 0 Å². The molecule has 0 aliphatic carbocycles. The molecule has 25 heavy (non-hydrogen) atoms. The van der Waals surface area contributed by atoms with E-state index in [-0.39, 0.29) is 12.1 Å². The van der Waals surface area contributed by atoms with Crippen LogP contribution in [-0.2, 0) is 9.53 Å². The van der Waals surface area contributed by atoms with Gasteiger partial charge in [-0.05, 0) is 23.1 Å². The summed E-state index contributed by atoms with van der Waals surface area (Å²) in [5.41, 5.74) is 2.92. The number of ether oxygens (including phenoxy) is 1. The second-order valence-corrected chi connectivity index (χ2v) is 6.00. The summed E-state index contributed by atoms with van der Waals surface area (Å²) in [6.45, 7) is 2.03. The van der Waals surface area contributed by atoms with Crippen LogP contribution in [0.25, 0.3) is 0 Å². The Hall–Kier alpha value is -2.87. The average molecular weight is 330 g/mol. The Morgan fingerprint density at radius 3 is 1.52 bits per heavy atom. The first-order chi connectivity index (χ1) is 12.3. The second-order valence-electron chi connectivity index (χ2n) is 6.00. The summed E-state index contributed by atoms with van der Waals surface area (Å²) in [6, 6.07) is 29.5. The van der Waals surface area contributed by atoms with Crippen LogP contribution in [-0.4, -0.2) is 5.97 Å². The predicted octanol–water partition coefficient (Wildman–Crippen LogP) is 5.51. The topological polar surface area (TPSA) is 26.3 Å². The molecular formula is C23H22O2. The summed E-state index contributed by atoms with van der Waals surface area (Å²) in [6.07, 6.45) is 0.509. The van der Waals surface area contributed by atoms with Crippen molar-refractivity contribution in [2.24, 2.45) is 0 Å². The van der Waals surface area contributed by atoms with Crippen LogP contribution < -0.4 is 0 Å². The van der Waals surface area contributed by atoms with Crippen molar-refractivity contribution in [2.75, 3.05) is 0 Å². The van der Waals surface area contributed by atoms with Crippen LogP contribution in [0.3, 0.4) is 0 Å². The molecule has 0 aromatic heterocycles. The SMILES string of the molecule is CC[C@@H](OC(=O)C(c1ccccc1)c1ccccc1)c1ccccc1. The minimum Gasteiger partial charge on any atom is -0.457 e. The van der Waals surface area contributed by atoms with Crippen molar-refractivity contribution in [2.45, 2.75) is 25.4 Å². The molecule has 126 valence electrons. The molecular weight excluding hydrogens is 308 g/mol. The van der Waals surface area contributed by atoms with Crippen LogP contribution in [0.5, 0.6) is 0 Å². The van der Waals surface area contributed by atoms with Crippen LogP contribution in [0.15, 0.2) is 91.0 Å². The lowest BCUT2D eigenvalue weighted by molar-refractivity contribution is -0.150. The quantitative estimate of drug-likeness (QED) is 0.557. The molecule has 2 nitrogen and oxygen atoms in total. The molecule has 0 bridgehead atoms. The van der Waals surface area contributed by atoms with E-state index in [1.54, 1.807) is 0 Å². The van der Waals surface area contributed by atoms with Gasteiger partial charge in [-0.2, -0.15) is 0 Å². The number of rotatable bonds is 6. The summed E-state index contributed by atoms with van der Waals surface area (Å²) in [4.78, 5) is 13.1. The molecule has 0 fully saturated rings. The van der Waals surface area contributed by atoms with Crippen LogP contribution in [0, 0.1) is 0 Å². The van der Waals surface area contributed by atoms with E-state index in [2.05, 4.69) is 0 Å². The zero-order valence-corrected chi connectivity index (χ0v) is 14.3. The van der Waals surface area contributed by atoms with Gasteiger partial charge in [0.2, 0.25) is 0 Å². The smallest absolute Gasteiger partial charge is 0.318 e. The number of hydrogen-bond acceptors (Lipinski definition) is 2. The maximum Gasteiger partial charge on any atom is 0.318 e. The molecule has 2 heteroatoms. The van der Waals surface area contributed by atoms with Crippen molar-refractivity contribution < 1.29 is 9.53 Å². The Kier molecular flexibility index (Phi) is 5.63. The molecule has 0 unspecified atom stereocenters. The predicted molar refractivity (Wildman–Crippen MR) is 100 cm³/mol. The first kappa shape index (κ1) is 17.0. The number of esters is 1. The normalized spacial score (nSPS) is 11.9. The summed E-state index contributed by atoms with van der Waals surface area (Å²) in [5.74, 6) is -0.631. The minimum atomic E-state index is -0.417. The fraction of sp³-hybridized carbons (Fsp3) is 0.174. The number of hydrogen-bond donors (Lipinski definition) is 0. The molecule has 3 aromatic carbocycles. The van der Waals surface area contributed by atoms with E-state index in [9.17, 15) is 4.79 Å². The first-order valence-corrected chi connectivity index (χ1v) is 8.65. The van der Waals surface area contributed by atoms with E-state index in [0.717, 1.165) is 23.1 Å². The Labute approximate surface area is 149 Å². The molecule has 0 spiro atoms. The molecule has 0 saturated heterocycles. The van der Waals surface area contributed by atoms with Crippen molar-refractivity contribution >= 4 is 5.97 Å². The molecule has 0 amide bonds. The van der Waals surface area contributed by atoms with E-state index >= 15 is 0 Å². The van der Waals surface area contributed by atoms with Gasteiger partial charge in [0.15, 0.2) is 0 Å². The van der Waals surface area contributed by atoms with Gasteiger partial charge in [-0.25, -0.2) is 0 Å². The van der Waals surface area contributed by atoms with Gasteiger partial charge in [-0.1, -0.05) is 97.9 Å². The Morgan fingerprint density at radius 2 is 1.12 bits per heavy atom. The molecule has 0 heterocycles. The van der Waals surface area contributed by atoms with Gasteiger partial charge in [0.25, 0.3) is 0 Å². The van der Waals surface area contributed by atoms with Crippen LogP contribution in [0.4, 0.5) is 0 Å². The number of benzene rings is 3. The van der Waals surface area contributed by atoms with Gasteiger partial charge in [-0.15, -0.1) is 0 Å². The van der Waals surface area contributed by atoms with Crippen molar-refractivity contribution in [1.82, 2.24) is 0 Å². The monoisotopic (exact) mass is 330 g/mol. The van der Waals surface area contributed by atoms with Crippen molar-refractivity contribution in [1.29, 1.82) is 0 Å². The molecule has 0 N–H and O–H groups in total. The molecule has 1 atom stereocenters. The third-order valence-electron chi connectivity index (χ3n) is 4.30. The van der Waals surface area contributed by atoms with E-state index in [1.807, 2.05) is 97.9 Å². The molecule has 3 rings (SSSR count). The van der Waals surface area contributed by atoms with Gasteiger partial charge in [-0.3, -0.25) is 4.79 Å². The maximum absolute atomic E-state index is 13.1. The average Bonchev–Trinajstić information content (AvgIpc) is 2.69. The Balaban J connectivity index is 1.89. The molecule has 0 aliphatic rings. The largest absolute Gasteiger partial charge is 0.457 e. The lowest BCUT2D eigenvalue weighted by Gasteiger charge is -2.22. The maximum atomic E-state index is 13.1. The highest BCUT2D eigenvalue weighted by atomic mass is 16.5. The standard InChI is InChI=1S/C23H22O2/c1-2-21(18-12-6-3-7-13-18)25-23(24)22(19-14-8-4-9-15-19)20-16-10-5-11-17-20/h3-17,21-22H,2H2,1H3/t21-/m1/s1. The zero-order chi connectivity index (χ0) is 17.5. The summed E-state index contributed by atoms with van der Waals surface area (Å²) in [7, 11) is 0. The van der Waals surface area contributed by atoms with E-state index < -0.39 is 5.92 Å².